The predicted molar refractivity (Wildman–Crippen MR) is 93.7 cm³/mol. The normalized spacial score (nSPS) is 17.3. The summed E-state index contributed by atoms with van der Waals surface area (Å²) >= 11 is 0.944. The molecule has 1 aliphatic rings. The number of hydrogen-bond acceptors (Lipinski definition) is 5. The number of thiazole rings is 1. The smallest absolute Gasteiger partial charge is 0.369 e. The van der Waals surface area contributed by atoms with Crippen LogP contribution in [0.15, 0.2) is 10.4 Å². The first kappa shape index (κ1) is 20.4. The van der Waals surface area contributed by atoms with Crippen LogP contribution in [0.25, 0.3) is 0 Å². The number of amides is 1. The van der Waals surface area contributed by atoms with Crippen molar-refractivity contribution in [3.8, 4) is 0 Å². The molecule has 2 rings (SSSR count). The van der Waals surface area contributed by atoms with Crippen LogP contribution >= 0.6 is 11.3 Å². The highest BCUT2D eigenvalue weighted by Crippen LogP contribution is 2.30. The fourth-order valence-electron chi connectivity index (χ4n) is 2.63. The fourth-order valence-corrected chi connectivity index (χ4v) is 3.35. The van der Waals surface area contributed by atoms with Gasteiger partial charge in [-0.25, -0.2) is 9.98 Å². The second-order valence-corrected chi connectivity index (χ2v) is 6.92. The number of rotatable bonds is 6. The topological polar surface area (TPSA) is 95.6 Å². The maximum Gasteiger partial charge on any atom is 0.434 e. The molecule has 1 aliphatic heterocycles. The number of piperidine rings is 1. The average molecular weight is 392 g/mol. The number of likely N-dealkylation sites (tertiary alicyclic amines) is 1. The molecule has 1 saturated heterocycles. The molecule has 2 heterocycles. The third kappa shape index (κ3) is 6.45. The maximum atomic E-state index is 12.6. The maximum absolute atomic E-state index is 12.6. The molecule has 7 nitrogen and oxygen atoms in total. The summed E-state index contributed by atoms with van der Waals surface area (Å²) in [6.45, 7) is 4.39. The van der Waals surface area contributed by atoms with Crippen LogP contribution in [0.2, 0.25) is 0 Å². The van der Waals surface area contributed by atoms with E-state index >= 15 is 0 Å². The van der Waals surface area contributed by atoms with Crippen molar-refractivity contribution < 1.29 is 18.0 Å². The van der Waals surface area contributed by atoms with Crippen LogP contribution in [0.3, 0.4) is 0 Å². The van der Waals surface area contributed by atoms with Gasteiger partial charge in [0.2, 0.25) is 5.91 Å². The number of nitrogens with two attached hydrogens (primary N) is 1. The molecule has 146 valence electrons. The Morgan fingerprint density at radius 2 is 2.15 bits per heavy atom. The zero-order valence-electron chi connectivity index (χ0n) is 14.5. The molecule has 0 bridgehead atoms. The Labute approximate surface area is 153 Å². The lowest BCUT2D eigenvalue weighted by Gasteiger charge is -2.32. The molecule has 0 saturated carbocycles. The number of aromatic nitrogens is 1. The van der Waals surface area contributed by atoms with Gasteiger partial charge < -0.3 is 16.4 Å². The minimum absolute atomic E-state index is 0.0800. The van der Waals surface area contributed by atoms with Crippen molar-refractivity contribution in [2.45, 2.75) is 38.5 Å². The Balaban J connectivity index is 1.89. The number of primary amides is 1. The Morgan fingerprint density at radius 3 is 2.69 bits per heavy atom. The molecule has 0 aromatic carbocycles. The lowest BCUT2D eigenvalue weighted by molar-refractivity contribution is -0.140. The third-order valence-electron chi connectivity index (χ3n) is 3.87. The molecular formula is C15H23F3N6OS. The highest BCUT2D eigenvalue weighted by atomic mass is 32.1. The number of halogens is 3. The standard InChI is InChI=1S/C15H23F3N6OS/c1-2-20-14(21-7-13-23-11(9-26-13)15(16,17)18)22-10-3-5-24(6-4-10)8-12(19)25/h9-10H,2-8H2,1H3,(H2,19,25)(H2,20,21,22). The monoisotopic (exact) mass is 392 g/mol. The van der Waals surface area contributed by atoms with Gasteiger partial charge in [0.1, 0.15) is 5.01 Å². The lowest BCUT2D eigenvalue weighted by atomic mass is 10.1. The van der Waals surface area contributed by atoms with Crippen molar-refractivity contribution in [3.05, 3.63) is 16.1 Å². The van der Waals surface area contributed by atoms with Gasteiger partial charge in [0.05, 0.1) is 13.1 Å². The summed E-state index contributed by atoms with van der Waals surface area (Å²) in [5.41, 5.74) is 4.32. The van der Waals surface area contributed by atoms with E-state index in [9.17, 15) is 18.0 Å². The molecular weight excluding hydrogens is 369 g/mol. The highest BCUT2D eigenvalue weighted by molar-refractivity contribution is 7.09. The average Bonchev–Trinajstić information content (AvgIpc) is 3.03. The van der Waals surface area contributed by atoms with E-state index in [4.69, 9.17) is 5.73 Å². The summed E-state index contributed by atoms with van der Waals surface area (Å²) in [6.07, 6.45) is -2.78. The van der Waals surface area contributed by atoms with E-state index in [1.54, 1.807) is 0 Å². The molecule has 0 spiro atoms. The summed E-state index contributed by atoms with van der Waals surface area (Å²) in [5.74, 6) is 0.206. The van der Waals surface area contributed by atoms with Gasteiger partial charge in [-0.1, -0.05) is 0 Å². The molecule has 1 fully saturated rings. The molecule has 11 heteroatoms. The molecule has 1 aromatic heterocycles. The van der Waals surface area contributed by atoms with Crippen LogP contribution in [-0.2, 0) is 17.5 Å². The molecule has 0 unspecified atom stereocenters. The lowest BCUT2D eigenvalue weighted by Crippen LogP contribution is -2.49. The Bertz CT molecular complexity index is 625. The van der Waals surface area contributed by atoms with Crippen LogP contribution in [0.5, 0.6) is 0 Å². The molecule has 1 aromatic rings. The number of guanidine groups is 1. The largest absolute Gasteiger partial charge is 0.434 e. The third-order valence-corrected chi connectivity index (χ3v) is 4.70. The second kappa shape index (κ2) is 9.17. The van der Waals surface area contributed by atoms with E-state index in [2.05, 4.69) is 20.6 Å². The van der Waals surface area contributed by atoms with E-state index < -0.39 is 11.9 Å². The number of aliphatic imine (C=N–C) groups is 1. The van der Waals surface area contributed by atoms with E-state index in [0.717, 1.165) is 42.6 Å². The van der Waals surface area contributed by atoms with E-state index in [-0.39, 0.29) is 25.0 Å². The summed E-state index contributed by atoms with van der Waals surface area (Å²) < 4.78 is 37.8. The number of nitrogens with zero attached hydrogens (tertiary/aromatic N) is 3. The van der Waals surface area contributed by atoms with Crippen molar-refractivity contribution >= 4 is 23.2 Å². The van der Waals surface area contributed by atoms with Gasteiger partial charge in [-0.2, -0.15) is 13.2 Å². The molecule has 0 radical (unpaired) electrons. The van der Waals surface area contributed by atoms with Crippen LogP contribution < -0.4 is 16.4 Å². The van der Waals surface area contributed by atoms with E-state index in [0.29, 0.717) is 17.5 Å². The molecule has 1 amide bonds. The van der Waals surface area contributed by atoms with Crippen LogP contribution in [0.1, 0.15) is 30.5 Å². The Hall–Kier alpha value is -1.88. The van der Waals surface area contributed by atoms with Gasteiger partial charge in [-0.05, 0) is 19.8 Å². The first-order chi connectivity index (χ1) is 12.3. The van der Waals surface area contributed by atoms with Crippen molar-refractivity contribution in [3.63, 3.8) is 0 Å². The molecule has 4 N–H and O–H groups in total. The van der Waals surface area contributed by atoms with Gasteiger partial charge in [0.15, 0.2) is 11.7 Å². The minimum atomic E-state index is -4.43. The number of hydrogen-bond donors (Lipinski definition) is 3. The molecule has 0 atom stereocenters. The first-order valence-corrected chi connectivity index (χ1v) is 9.23. The fraction of sp³-hybridized carbons (Fsp3) is 0.667. The minimum Gasteiger partial charge on any atom is -0.369 e. The highest BCUT2D eigenvalue weighted by Gasteiger charge is 2.33. The summed E-state index contributed by atoms with van der Waals surface area (Å²) in [5, 5.41) is 7.69. The Kier molecular flexibility index (Phi) is 7.21. The van der Waals surface area contributed by atoms with Crippen LogP contribution in [0, 0.1) is 0 Å². The summed E-state index contributed by atoms with van der Waals surface area (Å²) in [6, 6.07) is 0.180. The van der Waals surface area contributed by atoms with E-state index in [1.807, 2.05) is 11.8 Å². The molecule has 26 heavy (non-hydrogen) atoms. The predicted octanol–water partition coefficient (Wildman–Crippen LogP) is 1.17. The van der Waals surface area contributed by atoms with Gasteiger partial charge >= 0.3 is 6.18 Å². The van der Waals surface area contributed by atoms with Crippen LogP contribution in [-0.4, -0.2) is 54.0 Å². The summed E-state index contributed by atoms with van der Waals surface area (Å²) in [7, 11) is 0. The van der Waals surface area contributed by atoms with E-state index in [1.165, 1.54) is 0 Å². The number of alkyl halides is 3. The quantitative estimate of drug-likeness (QED) is 0.499. The summed E-state index contributed by atoms with van der Waals surface area (Å²) in [4.78, 5) is 20.9. The first-order valence-electron chi connectivity index (χ1n) is 8.35. The number of nitrogens with one attached hydrogen (secondary N) is 2. The van der Waals surface area contributed by atoms with Gasteiger partial charge in [0, 0.05) is 31.1 Å². The van der Waals surface area contributed by atoms with Crippen molar-refractivity contribution in [2.24, 2.45) is 10.7 Å². The zero-order chi connectivity index (χ0) is 19.2. The van der Waals surface area contributed by atoms with Crippen molar-refractivity contribution in [1.82, 2.24) is 20.5 Å². The van der Waals surface area contributed by atoms with Crippen molar-refractivity contribution in [1.29, 1.82) is 0 Å². The van der Waals surface area contributed by atoms with Crippen LogP contribution in [0.4, 0.5) is 13.2 Å². The molecule has 0 aliphatic carbocycles. The SMILES string of the molecule is CCNC(=NCc1nc(C(F)(F)F)cs1)NC1CCN(CC(N)=O)CC1. The van der Waals surface area contributed by atoms with Gasteiger partial charge in [-0.15, -0.1) is 11.3 Å². The van der Waals surface area contributed by atoms with Crippen molar-refractivity contribution in [2.75, 3.05) is 26.2 Å². The number of carbonyl (C=O) groups excluding carboxylic acids is 1. The number of carbonyl (C=O) groups is 1. The van der Waals surface area contributed by atoms with Gasteiger partial charge in [-0.3, -0.25) is 9.69 Å². The Morgan fingerprint density at radius 1 is 1.46 bits per heavy atom. The zero-order valence-corrected chi connectivity index (χ0v) is 15.3. The second-order valence-electron chi connectivity index (χ2n) is 5.98. The van der Waals surface area contributed by atoms with Gasteiger partial charge in [0.25, 0.3) is 0 Å².